The fourth-order valence-corrected chi connectivity index (χ4v) is 1.83. The molecule has 0 fully saturated rings. The van der Waals surface area contributed by atoms with E-state index in [9.17, 15) is 4.79 Å². The molecule has 1 aromatic carbocycles. The van der Waals surface area contributed by atoms with E-state index in [1.165, 1.54) is 0 Å². The summed E-state index contributed by atoms with van der Waals surface area (Å²) in [6.45, 7) is 7.26. The van der Waals surface area contributed by atoms with Crippen molar-refractivity contribution >= 4 is 28.2 Å². The maximum Gasteiger partial charge on any atom is 0.514 e. The van der Waals surface area contributed by atoms with Gasteiger partial charge in [0.1, 0.15) is 17.1 Å². The van der Waals surface area contributed by atoms with Crippen molar-refractivity contribution in [1.82, 2.24) is 0 Å². The van der Waals surface area contributed by atoms with Gasteiger partial charge in [-0.3, -0.25) is 0 Å². The SMILES string of the molecule is COc1cc(/C=C/CBr)c(OC(=O)OC(C)(C)C)cc1C. The molecular weight excluding hydrogens is 336 g/mol. The average molecular weight is 357 g/mol. The molecule has 0 aliphatic heterocycles. The molecule has 1 aromatic rings. The van der Waals surface area contributed by atoms with Crippen molar-refractivity contribution in [3.05, 3.63) is 29.3 Å². The monoisotopic (exact) mass is 356 g/mol. The molecule has 0 bridgehead atoms. The van der Waals surface area contributed by atoms with Crippen molar-refractivity contribution in [2.45, 2.75) is 33.3 Å². The zero-order chi connectivity index (χ0) is 16.0. The van der Waals surface area contributed by atoms with Gasteiger partial charge in [0.05, 0.1) is 7.11 Å². The predicted octanol–water partition coefficient (Wildman–Crippen LogP) is 4.73. The van der Waals surface area contributed by atoms with Crippen LogP contribution in [0.1, 0.15) is 31.9 Å². The highest BCUT2D eigenvalue weighted by Crippen LogP contribution is 2.30. The van der Waals surface area contributed by atoms with Crippen LogP contribution >= 0.6 is 15.9 Å². The van der Waals surface area contributed by atoms with Crippen LogP contribution in [-0.2, 0) is 4.74 Å². The summed E-state index contributed by atoms with van der Waals surface area (Å²) in [5.74, 6) is 1.18. The fraction of sp³-hybridized carbons (Fsp3) is 0.438. The van der Waals surface area contributed by atoms with E-state index in [-0.39, 0.29) is 0 Å². The van der Waals surface area contributed by atoms with Crippen molar-refractivity contribution in [2.75, 3.05) is 12.4 Å². The van der Waals surface area contributed by atoms with Gasteiger partial charge in [-0.05, 0) is 45.4 Å². The largest absolute Gasteiger partial charge is 0.514 e. The van der Waals surface area contributed by atoms with Crippen molar-refractivity contribution in [2.24, 2.45) is 0 Å². The summed E-state index contributed by atoms with van der Waals surface area (Å²) in [6, 6.07) is 3.59. The van der Waals surface area contributed by atoms with E-state index in [1.807, 2.05) is 25.1 Å². The van der Waals surface area contributed by atoms with Crippen LogP contribution in [0.25, 0.3) is 6.08 Å². The first-order valence-electron chi connectivity index (χ1n) is 6.59. The molecule has 5 heteroatoms. The summed E-state index contributed by atoms with van der Waals surface area (Å²) in [6.07, 6.45) is 3.04. The lowest BCUT2D eigenvalue weighted by molar-refractivity contribution is 0.0205. The molecule has 0 heterocycles. The van der Waals surface area contributed by atoms with Gasteiger partial charge in [-0.25, -0.2) is 4.79 Å². The molecule has 1 rings (SSSR count). The molecule has 0 radical (unpaired) electrons. The average Bonchev–Trinajstić information content (AvgIpc) is 2.35. The van der Waals surface area contributed by atoms with Gasteiger partial charge in [-0.1, -0.05) is 28.1 Å². The number of rotatable bonds is 4. The van der Waals surface area contributed by atoms with Gasteiger partial charge in [0.15, 0.2) is 0 Å². The second kappa shape index (κ2) is 7.50. The van der Waals surface area contributed by atoms with E-state index in [2.05, 4.69) is 15.9 Å². The first-order valence-corrected chi connectivity index (χ1v) is 7.71. The highest BCUT2D eigenvalue weighted by molar-refractivity contribution is 9.09. The molecule has 0 saturated carbocycles. The smallest absolute Gasteiger partial charge is 0.496 e. The Labute approximate surface area is 134 Å². The van der Waals surface area contributed by atoms with Crippen molar-refractivity contribution < 1.29 is 19.0 Å². The maximum absolute atomic E-state index is 11.8. The Balaban J connectivity index is 3.06. The summed E-state index contributed by atoms with van der Waals surface area (Å²) in [7, 11) is 1.61. The lowest BCUT2D eigenvalue weighted by Gasteiger charge is -2.19. The summed E-state index contributed by atoms with van der Waals surface area (Å²) < 4.78 is 15.8. The first-order chi connectivity index (χ1) is 9.76. The third-order valence-electron chi connectivity index (χ3n) is 2.50. The second-order valence-electron chi connectivity index (χ2n) is 5.48. The van der Waals surface area contributed by atoms with E-state index in [0.717, 1.165) is 16.9 Å². The van der Waals surface area contributed by atoms with E-state index < -0.39 is 11.8 Å². The summed E-state index contributed by atoms with van der Waals surface area (Å²) in [4.78, 5) is 11.8. The quantitative estimate of drug-likeness (QED) is 0.444. The van der Waals surface area contributed by atoms with Gasteiger partial charge in [-0.15, -0.1) is 0 Å². The molecule has 0 amide bonds. The number of methoxy groups -OCH3 is 1. The minimum atomic E-state index is -0.722. The van der Waals surface area contributed by atoms with Crippen LogP contribution in [0.5, 0.6) is 11.5 Å². The first kappa shape index (κ1) is 17.6. The van der Waals surface area contributed by atoms with Gasteiger partial charge in [0.2, 0.25) is 0 Å². The molecule has 0 aromatic heterocycles. The van der Waals surface area contributed by atoms with E-state index in [1.54, 1.807) is 33.9 Å². The molecule has 116 valence electrons. The molecule has 0 spiro atoms. The van der Waals surface area contributed by atoms with Crippen LogP contribution in [0.2, 0.25) is 0 Å². The highest BCUT2D eigenvalue weighted by atomic mass is 79.9. The number of aryl methyl sites for hydroxylation is 1. The Bertz CT molecular complexity index is 530. The number of hydrogen-bond acceptors (Lipinski definition) is 4. The Kier molecular flexibility index (Phi) is 6.27. The highest BCUT2D eigenvalue weighted by Gasteiger charge is 2.19. The topological polar surface area (TPSA) is 44.8 Å². The molecular formula is C16H21BrO4. The third-order valence-corrected chi connectivity index (χ3v) is 2.87. The molecule has 0 atom stereocenters. The molecule has 0 N–H and O–H groups in total. The summed E-state index contributed by atoms with van der Waals surface area (Å²) >= 11 is 3.32. The standard InChI is InChI=1S/C16H21BrO4/c1-11-9-14(20-15(18)21-16(2,3)4)12(7-6-8-17)10-13(11)19-5/h6-7,9-10H,8H2,1-5H3/b7-6+. The molecule has 21 heavy (non-hydrogen) atoms. The van der Waals surface area contributed by atoms with Crippen LogP contribution in [0, 0.1) is 6.92 Å². The Morgan fingerprint density at radius 3 is 2.48 bits per heavy atom. The number of allylic oxidation sites excluding steroid dienone is 1. The number of alkyl halides is 1. The van der Waals surface area contributed by atoms with Gasteiger partial charge in [0, 0.05) is 10.9 Å². The Hall–Kier alpha value is -1.49. The van der Waals surface area contributed by atoms with Crippen LogP contribution in [-0.4, -0.2) is 24.2 Å². The molecule has 0 aliphatic carbocycles. The maximum atomic E-state index is 11.8. The Morgan fingerprint density at radius 1 is 1.29 bits per heavy atom. The van der Waals surface area contributed by atoms with Crippen LogP contribution in [0.15, 0.2) is 18.2 Å². The van der Waals surface area contributed by atoms with Gasteiger partial charge < -0.3 is 14.2 Å². The van der Waals surface area contributed by atoms with Crippen LogP contribution < -0.4 is 9.47 Å². The van der Waals surface area contributed by atoms with E-state index in [0.29, 0.717) is 11.1 Å². The molecule has 0 saturated heterocycles. The number of ether oxygens (including phenoxy) is 3. The van der Waals surface area contributed by atoms with Gasteiger partial charge in [0.25, 0.3) is 0 Å². The van der Waals surface area contributed by atoms with Crippen LogP contribution in [0.4, 0.5) is 4.79 Å². The van der Waals surface area contributed by atoms with Crippen molar-refractivity contribution in [1.29, 1.82) is 0 Å². The fourth-order valence-electron chi connectivity index (χ4n) is 1.65. The summed E-state index contributed by atoms with van der Waals surface area (Å²) in [5.41, 5.74) is 1.04. The molecule has 0 unspecified atom stereocenters. The normalized spacial score (nSPS) is 11.5. The van der Waals surface area contributed by atoms with E-state index in [4.69, 9.17) is 14.2 Å². The minimum Gasteiger partial charge on any atom is -0.496 e. The predicted molar refractivity (Wildman–Crippen MR) is 87.4 cm³/mol. The number of halogens is 1. The van der Waals surface area contributed by atoms with Gasteiger partial charge in [-0.2, -0.15) is 0 Å². The molecule has 4 nitrogen and oxygen atoms in total. The van der Waals surface area contributed by atoms with Crippen molar-refractivity contribution in [3.8, 4) is 11.5 Å². The minimum absolute atomic E-state index is 0.444. The van der Waals surface area contributed by atoms with Gasteiger partial charge >= 0.3 is 6.16 Å². The lowest BCUT2D eigenvalue weighted by atomic mass is 10.1. The second-order valence-corrected chi connectivity index (χ2v) is 6.13. The van der Waals surface area contributed by atoms with Crippen LogP contribution in [0.3, 0.4) is 0 Å². The van der Waals surface area contributed by atoms with E-state index >= 15 is 0 Å². The lowest BCUT2D eigenvalue weighted by Crippen LogP contribution is -2.26. The third kappa shape index (κ3) is 5.79. The number of hydrogen-bond donors (Lipinski definition) is 0. The zero-order valence-corrected chi connectivity index (χ0v) is 14.6. The molecule has 0 aliphatic rings. The number of carbonyl (C=O) groups excluding carboxylic acids is 1. The number of carbonyl (C=O) groups is 1. The van der Waals surface area contributed by atoms with Crippen molar-refractivity contribution in [3.63, 3.8) is 0 Å². The Morgan fingerprint density at radius 2 is 1.95 bits per heavy atom. The number of benzene rings is 1. The summed E-state index contributed by atoms with van der Waals surface area (Å²) in [5, 5.41) is 0.703. The zero-order valence-electron chi connectivity index (χ0n) is 13.0.